The summed E-state index contributed by atoms with van der Waals surface area (Å²) in [4.78, 5) is 19.4. The van der Waals surface area contributed by atoms with Gasteiger partial charge in [-0.1, -0.05) is 6.92 Å². The van der Waals surface area contributed by atoms with E-state index in [0.717, 1.165) is 42.6 Å². The van der Waals surface area contributed by atoms with E-state index < -0.39 is 0 Å². The van der Waals surface area contributed by atoms with Gasteiger partial charge in [-0.15, -0.1) is 0 Å². The maximum Gasteiger partial charge on any atom is 0.286 e. The van der Waals surface area contributed by atoms with Crippen LogP contribution in [0.3, 0.4) is 0 Å². The number of carbonyl (C=O) groups excluding carboxylic acids is 1. The molecule has 1 aromatic rings. The lowest BCUT2D eigenvalue weighted by atomic mass is 10.00. The van der Waals surface area contributed by atoms with Gasteiger partial charge in [-0.25, -0.2) is 0 Å². The number of hydrogen-bond acceptors (Lipinski definition) is 6. The van der Waals surface area contributed by atoms with Crippen LogP contribution in [0.1, 0.15) is 25.3 Å². The number of carbonyl (C=O) groups is 1. The lowest BCUT2D eigenvalue weighted by molar-refractivity contribution is -0.113. The Balaban J connectivity index is 1.82. The maximum atomic E-state index is 12.3. The molecule has 1 amide bonds. The molecule has 0 unspecified atom stereocenters. The molecule has 6 nitrogen and oxygen atoms in total. The highest BCUT2D eigenvalue weighted by atomic mass is 32.2. The van der Waals surface area contributed by atoms with E-state index in [4.69, 9.17) is 14.2 Å². The number of rotatable bonds is 4. The molecular formula is C19H24N2O4S. The van der Waals surface area contributed by atoms with Gasteiger partial charge in [0.25, 0.3) is 5.91 Å². The molecule has 0 saturated carbocycles. The summed E-state index contributed by atoms with van der Waals surface area (Å²) in [6.07, 6.45) is 4.10. The van der Waals surface area contributed by atoms with Crippen molar-refractivity contribution in [2.24, 2.45) is 10.9 Å². The number of thioether (sulfide) groups is 1. The predicted molar refractivity (Wildman–Crippen MR) is 104 cm³/mol. The normalized spacial score (nSPS) is 19.7. The van der Waals surface area contributed by atoms with Crippen molar-refractivity contribution in [1.29, 1.82) is 0 Å². The molecule has 0 atom stereocenters. The molecule has 0 aliphatic carbocycles. The van der Waals surface area contributed by atoms with Crippen molar-refractivity contribution in [1.82, 2.24) is 4.90 Å². The molecule has 3 rings (SSSR count). The standard InChI is InChI=1S/C19H24N2O4S/c1-12-5-7-21(8-6-12)19-20-18(22)16(26-19)11-13-9-14(23-2)17(25-4)15(10-13)24-3/h9-12H,5-8H2,1-4H3. The summed E-state index contributed by atoms with van der Waals surface area (Å²) in [5.41, 5.74) is 0.805. The number of likely N-dealkylation sites (tertiary alicyclic amines) is 1. The van der Waals surface area contributed by atoms with Gasteiger partial charge >= 0.3 is 0 Å². The zero-order valence-electron chi connectivity index (χ0n) is 15.6. The summed E-state index contributed by atoms with van der Waals surface area (Å²) in [6, 6.07) is 3.64. The number of amidine groups is 1. The summed E-state index contributed by atoms with van der Waals surface area (Å²) >= 11 is 1.43. The topological polar surface area (TPSA) is 60.4 Å². The summed E-state index contributed by atoms with van der Waals surface area (Å²) < 4.78 is 16.1. The molecule has 0 spiro atoms. The third-order valence-corrected chi connectivity index (χ3v) is 5.69. The summed E-state index contributed by atoms with van der Waals surface area (Å²) in [7, 11) is 4.71. The molecule has 2 aliphatic rings. The van der Waals surface area contributed by atoms with Gasteiger partial charge in [-0.2, -0.15) is 4.99 Å². The van der Waals surface area contributed by atoms with E-state index in [1.165, 1.54) is 11.8 Å². The SMILES string of the molecule is COc1cc(C=C2SC(N3CCC(C)CC3)=NC2=O)cc(OC)c1OC. The lowest BCUT2D eigenvalue weighted by Gasteiger charge is -2.30. The highest BCUT2D eigenvalue weighted by Gasteiger charge is 2.28. The Bertz CT molecular complexity index is 727. The molecule has 26 heavy (non-hydrogen) atoms. The monoisotopic (exact) mass is 376 g/mol. The third kappa shape index (κ3) is 3.82. The van der Waals surface area contributed by atoms with E-state index >= 15 is 0 Å². The largest absolute Gasteiger partial charge is 0.493 e. The second kappa shape index (κ2) is 8.03. The minimum atomic E-state index is -0.197. The first-order chi connectivity index (χ1) is 12.5. The lowest BCUT2D eigenvalue weighted by Crippen LogP contribution is -2.35. The average molecular weight is 376 g/mol. The second-order valence-electron chi connectivity index (χ2n) is 6.44. The van der Waals surface area contributed by atoms with Crippen LogP contribution in [0.5, 0.6) is 17.2 Å². The van der Waals surface area contributed by atoms with Crippen LogP contribution in [-0.2, 0) is 4.79 Å². The Morgan fingerprint density at radius 1 is 1.12 bits per heavy atom. The fourth-order valence-electron chi connectivity index (χ4n) is 3.07. The van der Waals surface area contributed by atoms with Crippen molar-refractivity contribution < 1.29 is 19.0 Å². The molecule has 0 N–H and O–H groups in total. The summed E-state index contributed by atoms with van der Waals surface area (Å²) in [5, 5.41) is 0.806. The molecule has 1 aromatic carbocycles. The number of ether oxygens (including phenoxy) is 3. The van der Waals surface area contributed by atoms with Crippen molar-refractivity contribution in [3.63, 3.8) is 0 Å². The Morgan fingerprint density at radius 2 is 1.73 bits per heavy atom. The van der Waals surface area contributed by atoms with Gasteiger partial charge in [0.1, 0.15) is 0 Å². The number of hydrogen-bond donors (Lipinski definition) is 0. The first-order valence-electron chi connectivity index (χ1n) is 8.63. The highest BCUT2D eigenvalue weighted by Crippen LogP contribution is 2.40. The minimum absolute atomic E-state index is 0.197. The highest BCUT2D eigenvalue weighted by molar-refractivity contribution is 8.18. The van der Waals surface area contributed by atoms with Crippen LogP contribution in [0.25, 0.3) is 6.08 Å². The molecular weight excluding hydrogens is 352 g/mol. The molecule has 140 valence electrons. The van der Waals surface area contributed by atoms with Gasteiger partial charge in [0.2, 0.25) is 5.75 Å². The molecule has 2 heterocycles. The first-order valence-corrected chi connectivity index (χ1v) is 9.45. The Labute approximate surface area is 158 Å². The van der Waals surface area contributed by atoms with Gasteiger partial charge in [0.05, 0.1) is 26.2 Å². The van der Waals surface area contributed by atoms with Gasteiger partial charge in [-0.05, 0) is 54.3 Å². The number of piperidine rings is 1. The molecule has 0 radical (unpaired) electrons. The van der Waals surface area contributed by atoms with Crippen LogP contribution < -0.4 is 14.2 Å². The fraction of sp³-hybridized carbons (Fsp3) is 0.474. The smallest absolute Gasteiger partial charge is 0.286 e. The number of methoxy groups -OCH3 is 3. The molecule has 2 aliphatic heterocycles. The third-order valence-electron chi connectivity index (χ3n) is 4.65. The van der Waals surface area contributed by atoms with E-state index in [9.17, 15) is 4.79 Å². The molecule has 0 bridgehead atoms. The predicted octanol–water partition coefficient (Wildman–Crippen LogP) is 3.41. The van der Waals surface area contributed by atoms with Crippen LogP contribution in [-0.4, -0.2) is 50.4 Å². The van der Waals surface area contributed by atoms with E-state index in [0.29, 0.717) is 22.2 Å². The van der Waals surface area contributed by atoms with Crippen LogP contribution in [0.2, 0.25) is 0 Å². The minimum Gasteiger partial charge on any atom is -0.493 e. The Morgan fingerprint density at radius 3 is 2.27 bits per heavy atom. The van der Waals surface area contributed by atoms with Crippen molar-refractivity contribution in [2.75, 3.05) is 34.4 Å². The maximum absolute atomic E-state index is 12.3. The molecule has 0 aromatic heterocycles. The van der Waals surface area contributed by atoms with Crippen LogP contribution in [0.4, 0.5) is 0 Å². The van der Waals surface area contributed by atoms with E-state index in [2.05, 4.69) is 16.8 Å². The molecule has 7 heteroatoms. The fourth-order valence-corrected chi connectivity index (χ4v) is 4.03. The van der Waals surface area contributed by atoms with Crippen molar-refractivity contribution in [3.05, 3.63) is 22.6 Å². The van der Waals surface area contributed by atoms with Crippen LogP contribution >= 0.6 is 11.8 Å². The second-order valence-corrected chi connectivity index (χ2v) is 7.45. The van der Waals surface area contributed by atoms with Gasteiger partial charge in [0.15, 0.2) is 16.7 Å². The van der Waals surface area contributed by atoms with E-state index in [1.54, 1.807) is 21.3 Å². The van der Waals surface area contributed by atoms with Crippen LogP contribution in [0, 0.1) is 5.92 Å². The van der Waals surface area contributed by atoms with Crippen molar-refractivity contribution >= 4 is 28.9 Å². The average Bonchev–Trinajstić information content (AvgIpc) is 3.01. The number of aliphatic imine (C=N–C) groups is 1. The van der Waals surface area contributed by atoms with Crippen molar-refractivity contribution in [2.45, 2.75) is 19.8 Å². The zero-order chi connectivity index (χ0) is 18.7. The quantitative estimate of drug-likeness (QED) is 0.751. The Hall–Kier alpha value is -2.15. The zero-order valence-corrected chi connectivity index (χ0v) is 16.4. The molecule has 1 fully saturated rings. The van der Waals surface area contributed by atoms with Gasteiger partial charge < -0.3 is 19.1 Å². The van der Waals surface area contributed by atoms with Gasteiger partial charge in [0, 0.05) is 13.1 Å². The number of benzene rings is 1. The van der Waals surface area contributed by atoms with Crippen molar-refractivity contribution in [3.8, 4) is 17.2 Å². The summed E-state index contributed by atoms with van der Waals surface area (Å²) in [6.45, 7) is 4.18. The van der Waals surface area contributed by atoms with E-state index in [-0.39, 0.29) is 5.91 Å². The van der Waals surface area contributed by atoms with Crippen LogP contribution in [0.15, 0.2) is 22.0 Å². The van der Waals surface area contributed by atoms with Gasteiger partial charge in [-0.3, -0.25) is 4.79 Å². The first kappa shape index (κ1) is 18.6. The molecule has 1 saturated heterocycles. The summed E-state index contributed by atoms with van der Waals surface area (Å²) in [5.74, 6) is 2.18. The number of amides is 1. The number of nitrogens with zero attached hydrogens (tertiary/aromatic N) is 2. The van der Waals surface area contributed by atoms with E-state index in [1.807, 2.05) is 18.2 Å². The Kier molecular flexibility index (Phi) is 5.76.